The number of hydrogen-bond acceptors (Lipinski definition) is 5. The van der Waals surface area contributed by atoms with Gasteiger partial charge in [-0.1, -0.05) is 11.8 Å². The molecule has 1 N–H and O–H groups in total. The molecule has 0 saturated carbocycles. The third-order valence-corrected chi connectivity index (χ3v) is 4.54. The number of carbonyl (C=O) groups excluding carboxylic acids is 1. The molecule has 1 amide bonds. The van der Waals surface area contributed by atoms with Crippen LogP contribution in [0.25, 0.3) is 0 Å². The smallest absolute Gasteiger partial charge is 0.267 e. The molecule has 0 aliphatic carbocycles. The summed E-state index contributed by atoms with van der Waals surface area (Å²) in [7, 11) is 0. The fourth-order valence-corrected chi connectivity index (χ4v) is 3.36. The molecule has 2 aliphatic heterocycles. The normalized spacial score (nSPS) is 21.5. The lowest BCUT2D eigenvalue weighted by atomic mass is 10.1. The lowest BCUT2D eigenvalue weighted by Gasteiger charge is -2.22. The molecule has 1 saturated heterocycles. The van der Waals surface area contributed by atoms with Crippen molar-refractivity contribution in [2.24, 2.45) is 0 Å². The topological polar surface area (TPSA) is 73.2 Å². The first kappa shape index (κ1) is 13.6. The largest absolute Gasteiger partial charge is 0.376 e. The summed E-state index contributed by atoms with van der Waals surface area (Å²) < 4.78 is 7.12. The van der Waals surface area contributed by atoms with Crippen LogP contribution in [0.3, 0.4) is 0 Å². The van der Waals surface area contributed by atoms with E-state index in [1.165, 1.54) is 18.0 Å². The molecule has 3 rings (SSSR count). The molecular formula is C13H17N3O3S. The third-order valence-electron chi connectivity index (χ3n) is 3.57. The molecular weight excluding hydrogens is 278 g/mol. The Morgan fingerprint density at radius 1 is 1.55 bits per heavy atom. The summed E-state index contributed by atoms with van der Waals surface area (Å²) in [5.74, 6) is 0.479. The number of aromatic nitrogens is 2. The first-order valence-electron chi connectivity index (χ1n) is 6.88. The van der Waals surface area contributed by atoms with E-state index >= 15 is 0 Å². The number of rotatable bonds is 3. The Balaban J connectivity index is 1.67. The summed E-state index contributed by atoms with van der Waals surface area (Å²) in [4.78, 5) is 28.4. The molecule has 0 bridgehead atoms. The molecule has 3 heterocycles. The summed E-state index contributed by atoms with van der Waals surface area (Å²) in [6.45, 7) is 1.83. The van der Waals surface area contributed by atoms with E-state index < -0.39 is 0 Å². The van der Waals surface area contributed by atoms with Crippen LogP contribution in [0.15, 0.2) is 16.1 Å². The third kappa shape index (κ3) is 2.73. The molecule has 20 heavy (non-hydrogen) atoms. The van der Waals surface area contributed by atoms with Gasteiger partial charge in [-0.05, 0) is 19.3 Å². The molecule has 0 radical (unpaired) electrons. The Morgan fingerprint density at radius 2 is 2.45 bits per heavy atom. The summed E-state index contributed by atoms with van der Waals surface area (Å²) in [6, 6.07) is 0. The quantitative estimate of drug-likeness (QED) is 0.829. The van der Waals surface area contributed by atoms with E-state index in [1.807, 2.05) is 0 Å². The molecule has 0 aromatic carbocycles. The van der Waals surface area contributed by atoms with Crippen LogP contribution in [0.2, 0.25) is 0 Å². The zero-order valence-corrected chi connectivity index (χ0v) is 11.9. The maximum Gasteiger partial charge on any atom is 0.267 e. The fourth-order valence-electron chi connectivity index (χ4n) is 2.44. The zero-order valence-electron chi connectivity index (χ0n) is 11.1. The van der Waals surface area contributed by atoms with Gasteiger partial charge < -0.3 is 10.1 Å². The van der Waals surface area contributed by atoms with Crippen LogP contribution in [0.1, 0.15) is 29.6 Å². The van der Waals surface area contributed by atoms with E-state index in [0.717, 1.165) is 31.6 Å². The molecule has 1 unspecified atom stereocenters. The summed E-state index contributed by atoms with van der Waals surface area (Å²) in [5, 5.41) is 3.47. The van der Waals surface area contributed by atoms with Gasteiger partial charge in [0, 0.05) is 31.6 Å². The highest BCUT2D eigenvalue weighted by Gasteiger charge is 2.21. The molecule has 0 spiro atoms. The van der Waals surface area contributed by atoms with Crippen LogP contribution < -0.4 is 10.9 Å². The minimum atomic E-state index is -0.358. The van der Waals surface area contributed by atoms with Crippen LogP contribution in [-0.2, 0) is 11.3 Å². The molecule has 1 aromatic rings. The first-order chi connectivity index (χ1) is 9.75. The van der Waals surface area contributed by atoms with Gasteiger partial charge in [0.15, 0.2) is 5.16 Å². The first-order valence-corrected chi connectivity index (χ1v) is 7.86. The van der Waals surface area contributed by atoms with Gasteiger partial charge >= 0.3 is 0 Å². The van der Waals surface area contributed by atoms with Crippen LogP contribution >= 0.6 is 11.8 Å². The highest BCUT2D eigenvalue weighted by molar-refractivity contribution is 7.99. The van der Waals surface area contributed by atoms with Gasteiger partial charge in [-0.2, -0.15) is 0 Å². The van der Waals surface area contributed by atoms with Gasteiger partial charge in [0.25, 0.3) is 11.5 Å². The second kappa shape index (κ2) is 5.97. The second-order valence-corrected chi connectivity index (χ2v) is 6.02. The van der Waals surface area contributed by atoms with Crippen LogP contribution in [0.5, 0.6) is 0 Å². The number of hydrogen-bond donors (Lipinski definition) is 1. The molecule has 108 valence electrons. The average Bonchev–Trinajstić information content (AvgIpc) is 2.96. The maximum absolute atomic E-state index is 12.2. The molecule has 1 atom stereocenters. The van der Waals surface area contributed by atoms with E-state index in [9.17, 15) is 9.59 Å². The number of fused-ring (bicyclic) bond motifs is 1. The Labute approximate surface area is 120 Å². The highest BCUT2D eigenvalue weighted by Crippen LogP contribution is 2.20. The number of ether oxygens (including phenoxy) is 1. The van der Waals surface area contributed by atoms with Gasteiger partial charge in [-0.25, -0.2) is 4.98 Å². The van der Waals surface area contributed by atoms with Gasteiger partial charge in [0.1, 0.15) is 5.56 Å². The maximum atomic E-state index is 12.2. The Bertz CT molecular complexity index is 566. The highest BCUT2D eigenvalue weighted by atomic mass is 32.2. The van der Waals surface area contributed by atoms with Gasteiger partial charge in [-0.3, -0.25) is 14.2 Å². The van der Waals surface area contributed by atoms with Crippen molar-refractivity contribution in [2.45, 2.75) is 37.1 Å². The Kier molecular flexibility index (Phi) is 4.07. The van der Waals surface area contributed by atoms with Crippen molar-refractivity contribution in [3.63, 3.8) is 0 Å². The molecule has 2 aliphatic rings. The number of nitrogens with zero attached hydrogens (tertiary/aromatic N) is 2. The van der Waals surface area contributed by atoms with E-state index in [2.05, 4.69) is 10.3 Å². The van der Waals surface area contributed by atoms with Crippen LogP contribution in [-0.4, -0.2) is 40.5 Å². The predicted octanol–water partition coefficient (Wildman–Crippen LogP) is 0.648. The van der Waals surface area contributed by atoms with E-state index in [-0.39, 0.29) is 23.1 Å². The Morgan fingerprint density at radius 3 is 3.25 bits per heavy atom. The lowest BCUT2D eigenvalue weighted by Crippen LogP contribution is -2.38. The van der Waals surface area contributed by atoms with E-state index in [1.54, 1.807) is 4.57 Å². The zero-order chi connectivity index (χ0) is 13.9. The number of amides is 1. The van der Waals surface area contributed by atoms with Crippen LogP contribution in [0.4, 0.5) is 0 Å². The second-order valence-electron chi connectivity index (χ2n) is 4.96. The molecule has 1 aromatic heterocycles. The van der Waals surface area contributed by atoms with Crippen molar-refractivity contribution in [1.82, 2.24) is 14.9 Å². The number of nitrogens with one attached hydrogen (secondary N) is 1. The summed E-state index contributed by atoms with van der Waals surface area (Å²) >= 11 is 1.54. The SMILES string of the molecule is O=C(NCC1CCCCO1)c1cnc2n(c1=O)CCS2. The predicted molar refractivity (Wildman–Crippen MR) is 75.1 cm³/mol. The van der Waals surface area contributed by atoms with Crippen molar-refractivity contribution in [3.8, 4) is 0 Å². The minimum absolute atomic E-state index is 0.0633. The summed E-state index contributed by atoms with van der Waals surface area (Å²) in [6.07, 6.45) is 4.61. The number of thioether (sulfide) groups is 1. The van der Waals surface area contributed by atoms with E-state index in [0.29, 0.717) is 18.2 Å². The van der Waals surface area contributed by atoms with Crippen molar-refractivity contribution in [3.05, 3.63) is 22.1 Å². The van der Waals surface area contributed by atoms with Crippen LogP contribution in [0, 0.1) is 0 Å². The van der Waals surface area contributed by atoms with Gasteiger partial charge in [0.2, 0.25) is 0 Å². The monoisotopic (exact) mass is 295 g/mol. The number of carbonyl (C=O) groups is 1. The van der Waals surface area contributed by atoms with Gasteiger partial charge in [-0.15, -0.1) is 0 Å². The van der Waals surface area contributed by atoms with Gasteiger partial charge in [0.05, 0.1) is 6.10 Å². The molecule has 7 heteroatoms. The van der Waals surface area contributed by atoms with E-state index in [4.69, 9.17) is 4.74 Å². The summed E-state index contributed by atoms with van der Waals surface area (Å²) in [5.41, 5.74) is -0.130. The molecule has 6 nitrogen and oxygen atoms in total. The Hall–Kier alpha value is -1.34. The minimum Gasteiger partial charge on any atom is -0.376 e. The van der Waals surface area contributed by atoms with Crippen molar-refractivity contribution in [2.75, 3.05) is 18.9 Å². The van der Waals surface area contributed by atoms with Crippen molar-refractivity contribution in [1.29, 1.82) is 0 Å². The fraction of sp³-hybridized carbons (Fsp3) is 0.615. The standard InChI is InChI=1S/C13H17N3O3S/c17-11(14-7-9-3-1-2-5-19-9)10-8-15-13-16(12(10)18)4-6-20-13/h8-9H,1-7H2,(H,14,17). The van der Waals surface area contributed by atoms with Crippen molar-refractivity contribution >= 4 is 17.7 Å². The average molecular weight is 295 g/mol. The van der Waals surface area contributed by atoms with Crippen molar-refractivity contribution < 1.29 is 9.53 Å². The molecule has 1 fully saturated rings. The lowest BCUT2D eigenvalue weighted by molar-refractivity contribution is 0.0169.